The van der Waals surface area contributed by atoms with Gasteiger partial charge in [0.2, 0.25) is 5.90 Å². The van der Waals surface area contributed by atoms with Gasteiger partial charge in [0.05, 0.1) is 6.54 Å². The van der Waals surface area contributed by atoms with Crippen LogP contribution >= 0.6 is 7.75 Å². The highest BCUT2D eigenvalue weighted by molar-refractivity contribution is 7.50. The molecule has 1 fully saturated rings. The van der Waals surface area contributed by atoms with Crippen LogP contribution in [-0.2, 0) is 9.30 Å². The number of ether oxygens (including phenoxy) is 1. The number of amidine groups is 1. The van der Waals surface area contributed by atoms with Gasteiger partial charge in [0, 0.05) is 0 Å². The van der Waals surface area contributed by atoms with Gasteiger partial charge in [-0.3, -0.25) is 15.5 Å². The average molecular weight is 193 g/mol. The molecule has 8 heteroatoms. The quantitative estimate of drug-likeness (QED) is 0.413. The third kappa shape index (κ3) is 1.63. The molecule has 0 aromatic rings. The van der Waals surface area contributed by atoms with Gasteiger partial charge < -0.3 is 14.5 Å². The third-order valence-electron chi connectivity index (χ3n) is 1.34. The molecule has 1 aliphatic heterocycles. The van der Waals surface area contributed by atoms with E-state index in [4.69, 9.17) is 20.6 Å². The van der Waals surface area contributed by atoms with E-state index in [1.165, 1.54) is 0 Å². The lowest BCUT2D eigenvalue weighted by molar-refractivity contribution is 0.239. The van der Waals surface area contributed by atoms with Crippen LogP contribution in [-0.4, -0.2) is 39.3 Å². The third-order valence-corrected chi connectivity index (χ3v) is 2.37. The summed E-state index contributed by atoms with van der Waals surface area (Å²) in [5.41, 5.74) is 0. The SMILES string of the molecule is N=C1OCCN(P(=O)(O)O)C1=N. The first-order valence-electron chi connectivity index (χ1n) is 3.07. The highest BCUT2D eigenvalue weighted by Crippen LogP contribution is 2.40. The lowest BCUT2D eigenvalue weighted by Crippen LogP contribution is -2.42. The molecule has 0 spiro atoms. The van der Waals surface area contributed by atoms with Gasteiger partial charge in [0.25, 0.3) is 0 Å². The van der Waals surface area contributed by atoms with Crippen molar-refractivity contribution in [3.05, 3.63) is 0 Å². The van der Waals surface area contributed by atoms with E-state index >= 15 is 0 Å². The van der Waals surface area contributed by atoms with E-state index in [0.717, 1.165) is 0 Å². The van der Waals surface area contributed by atoms with Crippen molar-refractivity contribution in [3.8, 4) is 0 Å². The van der Waals surface area contributed by atoms with Gasteiger partial charge in [0.15, 0.2) is 5.84 Å². The Morgan fingerprint density at radius 2 is 2.08 bits per heavy atom. The number of nitrogens with zero attached hydrogens (tertiary/aromatic N) is 1. The molecule has 0 amide bonds. The second-order valence-electron chi connectivity index (χ2n) is 2.16. The zero-order valence-corrected chi connectivity index (χ0v) is 6.91. The molecule has 7 nitrogen and oxygen atoms in total. The predicted octanol–water partition coefficient (Wildman–Crippen LogP) is -0.634. The minimum atomic E-state index is -4.45. The molecule has 0 saturated carbocycles. The predicted molar refractivity (Wildman–Crippen MR) is 40.2 cm³/mol. The number of rotatable bonds is 1. The van der Waals surface area contributed by atoms with Gasteiger partial charge in [-0.1, -0.05) is 0 Å². The van der Waals surface area contributed by atoms with E-state index in [1.54, 1.807) is 0 Å². The Balaban J connectivity index is 2.85. The Morgan fingerprint density at radius 3 is 2.50 bits per heavy atom. The van der Waals surface area contributed by atoms with Crippen LogP contribution in [0.3, 0.4) is 0 Å². The molecule has 0 radical (unpaired) electrons. The van der Waals surface area contributed by atoms with Crippen LogP contribution in [0.5, 0.6) is 0 Å². The minimum absolute atomic E-state index is 0.0202. The molecular formula is C4H8N3O4P. The van der Waals surface area contributed by atoms with Gasteiger partial charge in [-0.05, 0) is 0 Å². The van der Waals surface area contributed by atoms with Crippen molar-refractivity contribution in [2.24, 2.45) is 0 Å². The van der Waals surface area contributed by atoms with E-state index in [-0.39, 0.29) is 13.2 Å². The maximum atomic E-state index is 10.7. The summed E-state index contributed by atoms with van der Waals surface area (Å²) in [4.78, 5) is 17.3. The van der Waals surface area contributed by atoms with Crippen LogP contribution in [0.4, 0.5) is 0 Å². The van der Waals surface area contributed by atoms with Crippen molar-refractivity contribution in [2.45, 2.75) is 0 Å². The fourth-order valence-electron chi connectivity index (χ4n) is 0.792. The van der Waals surface area contributed by atoms with Crippen molar-refractivity contribution < 1.29 is 19.1 Å². The van der Waals surface area contributed by atoms with Crippen LogP contribution in [0.25, 0.3) is 0 Å². The molecule has 1 saturated heterocycles. The summed E-state index contributed by atoms with van der Waals surface area (Å²) in [5, 5.41) is 14.1. The Morgan fingerprint density at radius 1 is 1.50 bits per heavy atom. The topological polar surface area (TPSA) is 118 Å². The maximum absolute atomic E-state index is 10.7. The second-order valence-corrected chi connectivity index (χ2v) is 3.67. The van der Waals surface area contributed by atoms with E-state index in [1.807, 2.05) is 0 Å². The molecular weight excluding hydrogens is 185 g/mol. The summed E-state index contributed by atoms with van der Waals surface area (Å²) in [5.74, 6) is -1.08. The molecule has 0 unspecified atom stereocenters. The Hall–Kier alpha value is -0.910. The number of nitrogens with one attached hydrogen (secondary N) is 2. The van der Waals surface area contributed by atoms with Crippen LogP contribution in [0.15, 0.2) is 0 Å². The number of hydrogen-bond acceptors (Lipinski definition) is 4. The molecule has 1 rings (SSSR count). The molecule has 4 N–H and O–H groups in total. The maximum Gasteiger partial charge on any atom is 0.431 e. The monoisotopic (exact) mass is 193 g/mol. The zero-order chi connectivity index (χ0) is 9.35. The molecule has 1 heterocycles. The zero-order valence-electron chi connectivity index (χ0n) is 6.02. The lowest BCUT2D eigenvalue weighted by atomic mass is 10.5. The summed E-state index contributed by atoms with van der Waals surface area (Å²) in [6.07, 6.45) is 0. The summed E-state index contributed by atoms with van der Waals surface area (Å²) in [6.45, 7) is -0.0438. The van der Waals surface area contributed by atoms with Crippen molar-refractivity contribution in [1.29, 1.82) is 10.8 Å². The molecule has 0 atom stereocenters. The molecule has 1 aliphatic rings. The summed E-state index contributed by atoms with van der Waals surface area (Å²) < 4.78 is 15.8. The molecule has 68 valence electrons. The Kier molecular flexibility index (Phi) is 2.18. The van der Waals surface area contributed by atoms with Crippen molar-refractivity contribution in [3.63, 3.8) is 0 Å². The fourth-order valence-corrected chi connectivity index (χ4v) is 1.49. The van der Waals surface area contributed by atoms with Crippen LogP contribution in [0.1, 0.15) is 0 Å². The van der Waals surface area contributed by atoms with Gasteiger partial charge >= 0.3 is 7.75 Å². The molecule has 0 aromatic heterocycles. The molecule has 0 aromatic carbocycles. The first-order chi connectivity index (χ1) is 5.43. The molecule has 12 heavy (non-hydrogen) atoms. The first kappa shape index (κ1) is 9.18. The van der Waals surface area contributed by atoms with Gasteiger partial charge in [-0.25, -0.2) is 4.57 Å². The standard InChI is InChI=1S/C4H8N3O4P/c5-3-4(6)11-2-1-7(3)12(8,9)10/h5-6H,1-2H2,(H2,8,9,10). The summed E-state index contributed by atoms with van der Waals surface area (Å²) in [7, 11) is -4.45. The molecule has 0 aliphatic carbocycles. The van der Waals surface area contributed by atoms with Crippen molar-refractivity contribution in [1.82, 2.24) is 4.67 Å². The summed E-state index contributed by atoms with van der Waals surface area (Å²) in [6, 6.07) is 0. The van der Waals surface area contributed by atoms with Crippen LogP contribution < -0.4 is 0 Å². The van der Waals surface area contributed by atoms with Gasteiger partial charge in [0.1, 0.15) is 6.61 Å². The molecule has 0 bridgehead atoms. The van der Waals surface area contributed by atoms with Crippen molar-refractivity contribution >= 4 is 19.5 Å². The van der Waals surface area contributed by atoms with Gasteiger partial charge in [-0.2, -0.15) is 0 Å². The van der Waals surface area contributed by atoms with Crippen LogP contribution in [0.2, 0.25) is 0 Å². The van der Waals surface area contributed by atoms with E-state index in [2.05, 4.69) is 4.74 Å². The number of hydrogen-bond donors (Lipinski definition) is 4. The smallest absolute Gasteiger partial charge is 0.431 e. The number of morpholine rings is 1. The summed E-state index contributed by atoms with van der Waals surface area (Å²) >= 11 is 0. The lowest BCUT2D eigenvalue weighted by Gasteiger charge is -2.29. The Bertz CT molecular complexity index is 271. The first-order valence-corrected chi connectivity index (χ1v) is 4.63. The van der Waals surface area contributed by atoms with E-state index in [0.29, 0.717) is 4.67 Å². The highest BCUT2D eigenvalue weighted by Gasteiger charge is 2.33. The normalized spacial score (nSPS) is 19.3. The van der Waals surface area contributed by atoms with E-state index in [9.17, 15) is 4.57 Å². The second kappa shape index (κ2) is 2.85. The van der Waals surface area contributed by atoms with Crippen molar-refractivity contribution in [2.75, 3.05) is 13.2 Å². The van der Waals surface area contributed by atoms with Crippen LogP contribution in [0, 0.1) is 10.8 Å². The van der Waals surface area contributed by atoms with Gasteiger partial charge in [-0.15, -0.1) is 0 Å². The highest BCUT2D eigenvalue weighted by atomic mass is 31.2. The minimum Gasteiger partial charge on any atom is -0.474 e. The average Bonchev–Trinajstić information content (AvgIpc) is 1.92. The fraction of sp³-hybridized carbons (Fsp3) is 0.500. The van der Waals surface area contributed by atoms with E-state index < -0.39 is 19.5 Å². The Labute approximate surface area is 68.2 Å². The largest absolute Gasteiger partial charge is 0.474 e.